The van der Waals surface area contributed by atoms with Gasteiger partial charge in [0.15, 0.2) is 0 Å². The molecular weight excluding hydrogens is 292 g/mol. The highest BCUT2D eigenvalue weighted by atomic mass is 28.4. The number of unbranched alkanes of at least 4 members (excludes halogenated alkanes) is 1. The van der Waals surface area contributed by atoms with E-state index < -0.39 is 8.80 Å². The standard InChI is InChI=1S/C12H20O3Si.2C3H6/c1-4-5-11-15-16(13-2,14-3)12-9-7-6-8-10-12;2*1-3-2/h6-10H,4-5,11H2,1-3H3;2*3H,1H2,2H3. The van der Waals surface area contributed by atoms with E-state index in [0.29, 0.717) is 6.61 Å². The van der Waals surface area contributed by atoms with Crippen LogP contribution in [0.25, 0.3) is 0 Å². The lowest BCUT2D eigenvalue weighted by molar-refractivity contribution is 0.112. The van der Waals surface area contributed by atoms with Gasteiger partial charge in [-0.25, -0.2) is 0 Å². The molecule has 0 aliphatic heterocycles. The third-order valence-electron chi connectivity index (χ3n) is 2.45. The topological polar surface area (TPSA) is 27.7 Å². The summed E-state index contributed by atoms with van der Waals surface area (Å²) in [5.74, 6) is 0. The summed E-state index contributed by atoms with van der Waals surface area (Å²) in [5, 5.41) is 1.01. The molecule has 22 heavy (non-hydrogen) atoms. The Morgan fingerprint density at radius 2 is 1.45 bits per heavy atom. The minimum Gasteiger partial charge on any atom is -0.373 e. The predicted molar refractivity (Wildman–Crippen MR) is 98.5 cm³/mol. The van der Waals surface area contributed by atoms with Crippen molar-refractivity contribution in [3.63, 3.8) is 0 Å². The second-order valence-electron chi connectivity index (χ2n) is 4.35. The molecule has 0 aromatic heterocycles. The third-order valence-corrected chi connectivity index (χ3v) is 5.15. The Labute approximate surface area is 138 Å². The van der Waals surface area contributed by atoms with Gasteiger partial charge in [0, 0.05) is 26.0 Å². The Morgan fingerprint density at radius 3 is 1.82 bits per heavy atom. The average molecular weight is 325 g/mol. The minimum atomic E-state index is -2.66. The van der Waals surface area contributed by atoms with E-state index in [1.165, 1.54) is 0 Å². The molecule has 0 saturated carbocycles. The zero-order valence-corrected chi connectivity index (χ0v) is 15.8. The van der Waals surface area contributed by atoms with Gasteiger partial charge in [-0.3, -0.25) is 0 Å². The molecular formula is C18H32O3Si. The van der Waals surface area contributed by atoms with Gasteiger partial charge in [-0.1, -0.05) is 55.8 Å². The largest absolute Gasteiger partial charge is 0.536 e. The van der Waals surface area contributed by atoms with E-state index in [9.17, 15) is 0 Å². The summed E-state index contributed by atoms with van der Waals surface area (Å²) in [6, 6.07) is 9.90. The van der Waals surface area contributed by atoms with Crippen molar-refractivity contribution in [1.82, 2.24) is 0 Å². The molecule has 0 saturated heterocycles. The Balaban J connectivity index is 0. The van der Waals surface area contributed by atoms with Crippen LogP contribution in [0.4, 0.5) is 0 Å². The monoisotopic (exact) mass is 324 g/mol. The van der Waals surface area contributed by atoms with Crippen LogP contribution in [0.5, 0.6) is 0 Å². The molecule has 0 aliphatic carbocycles. The predicted octanol–water partition coefficient (Wildman–Crippen LogP) is 4.33. The molecule has 1 aromatic carbocycles. The Kier molecular flexibility index (Phi) is 17.0. The van der Waals surface area contributed by atoms with Gasteiger partial charge < -0.3 is 13.3 Å². The molecule has 0 N–H and O–H groups in total. The van der Waals surface area contributed by atoms with Crippen molar-refractivity contribution in [2.24, 2.45) is 0 Å². The van der Waals surface area contributed by atoms with Crippen molar-refractivity contribution in [2.45, 2.75) is 33.6 Å². The van der Waals surface area contributed by atoms with Gasteiger partial charge in [0.05, 0.1) is 0 Å². The van der Waals surface area contributed by atoms with Gasteiger partial charge in [0.1, 0.15) is 0 Å². The SMILES string of the molecule is C=CC.C=CC.CCCCO[Si](OC)(OC)c1ccccc1. The molecule has 0 aliphatic rings. The first-order valence-corrected chi connectivity index (χ1v) is 9.28. The first-order chi connectivity index (χ1) is 10.6. The molecule has 0 unspecified atom stereocenters. The normalized spacial score (nSPS) is 9.68. The lowest BCUT2D eigenvalue weighted by atomic mass is 10.4. The third kappa shape index (κ3) is 9.68. The summed E-state index contributed by atoms with van der Waals surface area (Å²) in [6.45, 7) is 13.3. The van der Waals surface area contributed by atoms with Gasteiger partial charge in [-0.2, -0.15) is 0 Å². The molecule has 0 radical (unpaired) electrons. The van der Waals surface area contributed by atoms with E-state index in [2.05, 4.69) is 20.1 Å². The lowest BCUT2D eigenvalue weighted by Gasteiger charge is -2.26. The Bertz CT molecular complexity index is 356. The lowest BCUT2D eigenvalue weighted by Crippen LogP contribution is -2.55. The van der Waals surface area contributed by atoms with Gasteiger partial charge >= 0.3 is 8.80 Å². The second kappa shape index (κ2) is 16.2. The highest BCUT2D eigenvalue weighted by Crippen LogP contribution is 2.09. The minimum absolute atomic E-state index is 0.680. The highest BCUT2D eigenvalue weighted by Gasteiger charge is 2.41. The number of hydrogen-bond donors (Lipinski definition) is 0. The summed E-state index contributed by atoms with van der Waals surface area (Å²) in [6.07, 6.45) is 5.63. The van der Waals surface area contributed by atoms with Gasteiger partial charge in [0.25, 0.3) is 0 Å². The van der Waals surface area contributed by atoms with E-state index in [4.69, 9.17) is 13.3 Å². The molecule has 0 bridgehead atoms. The fourth-order valence-electron chi connectivity index (χ4n) is 1.51. The second-order valence-corrected chi connectivity index (χ2v) is 7.14. The number of hydrogen-bond acceptors (Lipinski definition) is 3. The number of benzene rings is 1. The van der Waals surface area contributed by atoms with E-state index in [0.717, 1.165) is 18.0 Å². The van der Waals surface area contributed by atoms with Crippen LogP contribution in [-0.2, 0) is 13.3 Å². The molecule has 0 atom stereocenters. The van der Waals surface area contributed by atoms with E-state index >= 15 is 0 Å². The molecule has 4 heteroatoms. The van der Waals surface area contributed by atoms with Crippen LogP contribution in [0.2, 0.25) is 0 Å². The van der Waals surface area contributed by atoms with Crippen LogP contribution in [-0.4, -0.2) is 29.6 Å². The maximum Gasteiger partial charge on any atom is 0.536 e. The van der Waals surface area contributed by atoms with Crippen LogP contribution in [0.1, 0.15) is 33.6 Å². The molecule has 0 amide bonds. The van der Waals surface area contributed by atoms with Gasteiger partial charge in [-0.05, 0) is 20.3 Å². The Hall–Kier alpha value is -1.20. The molecule has 1 rings (SSSR count). The zero-order valence-electron chi connectivity index (χ0n) is 14.8. The van der Waals surface area contributed by atoms with Gasteiger partial charge in [-0.15, -0.1) is 13.2 Å². The highest BCUT2D eigenvalue weighted by molar-refractivity contribution is 6.75. The van der Waals surface area contributed by atoms with E-state index in [1.54, 1.807) is 26.4 Å². The van der Waals surface area contributed by atoms with Crippen molar-refractivity contribution < 1.29 is 13.3 Å². The van der Waals surface area contributed by atoms with Crippen LogP contribution in [0.3, 0.4) is 0 Å². The van der Waals surface area contributed by atoms with Crippen molar-refractivity contribution in [3.05, 3.63) is 55.6 Å². The average Bonchev–Trinajstić information content (AvgIpc) is 2.54. The molecule has 126 valence electrons. The fourth-order valence-corrected chi connectivity index (χ4v) is 3.57. The fraction of sp³-hybridized carbons (Fsp3) is 0.444. The maximum absolute atomic E-state index is 5.85. The van der Waals surface area contributed by atoms with Crippen LogP contribution < -0.4 is 5.19 Å². The summed E-state index contributed by atoms with van der Waals surface area (Å²) in [4.78, 5) is 0. The number of allylic oxidation sites excluding steroid dienone is 2. The molecule has 0 heterocycles. The molecule has 0 spiro atoms. The van der Waals surface area contributed by atoms with Crippen LogP contribution in [0, 0.1) is 0 Å². The van der Waals surface area contributed by atoms with E-state index in [-0.39, 0.29) is 0 Å². The summed E-state index contributed by atoms with van der Waals surface area (Å²) in [5.41, 5.74) is 0. The first kappa shape index (κ1) is 23.1. The molecule has 3 nitrogen and oxygen atoms in total. The first-order valence-electron chi connectivity index (χ1n) is 7.56. The Morgan fingerprint density at radius 1 is 1.00 bits per heavy atom. The molecule has 1 aromatic rings. The van der Waals surface area contributed by atoms with Crippen molar-refractivity contribution in [2.75, 3.05) is 20.8 Å². The molecule has 0 fully saturated rings. The quantitative estimate of drug-likeness (QED) is 0.424. The summed E-state index contributed by atoms with van der Waals surface area (Å²) in [7, 11) is 0.638. The summed E-state index contributed by atoms with van der Waals surface area (Å²) < 4.78 is 16.9. The van der Waals surface area contributed by atoms with Crippen LogP contribution >= 0.6 is 0 Å². The van der Waals surface area contributed by atoms with Crippen LogP contribution in [0.15, 0.2) is 55.6 Å². The zero-order chi connectivity index (χ0) is 17.3. The van der Waals surface area contributed by atoms with Crippen molar-refractivity contribution >= 4 is 14.0 Å². The summed E-state index contributed by atoms with van der Waals surface area (Å²) >= 11 is 0. The van der Waals surface area contributed by atoms with Gasteiger partial charge in [0.2, 0.25) is 0 Å². The maximum atomic E-state index is 5.85. The van der Waals surface area contributed by atoms with Crippen molar-refractivity contribution in [1.29, 1.82) is 0 Å². The van der Waals surface area contributed by atoms with Crippen molar-refractivity contribution in [3.8, 4) is 0 Å². The smallest absolute Gasteiger partial charge is 0.373 e. The number of rotatable bonds is 7. The van der Waals surface area contributed by atoms with E-state index in [1.807, 2.05) is 44.2 Å².